The molecule has 21 heavy (non-hydrogen) atoms. The maximum Gasteiger partial charge on any atom is 0.411 e. The third-order valence-corrected chi connectivity index (χ3v) is 3.04. The van der Waals surface area contributed by atoms with E-state index in [9.17, 15) is 18.0 Å². The van der Waals surface area contributed by atoms with Crippen LogP contribution in [0.2, 0.25) is 0 Å². The maximum atomic E-state index is 11.8. The molecule has 0 saturated carbocycles. The van der Waals surface area contributed by atoms with Gasteiger partial charge in [-0.25, -0.2) is 0 Å². The first kappa shape index (κ1) is 17.5. The van der Waals surface area contributed by atoms with Crippen LogP contribution in [0.25, 0.3) is 0 Å². The molecule has 1 rings (SSSR count). The summed E-state index contributed by atoms with van der Waals surface area (Å²) in [5, 5.41) is 12.8. The van der Waals surface area contributed by atoms with Gasteiger partial charge in [0.05, 0.1) is 13.2 Å². The van der Waals surface area contributed by atoms with E-state index >= 15 is 0 Å². The van der Waals surface area contributed by atoms with Crippen molar-refractivity contribution in [3.05, 3.63) is 21.9 Å². The monoisotopic (exact) mass is 321 g/mol. The summed E-state index contributed by atoms with van der Waals surface area (Å²) in [6, 6.07) is 1.67. The van der Waals surface area contributed by atoms with Gasteiger partial charge in [0.15, 0.2) is 0 Å². The Kier molecular flexibility index (Phi) is 7.22. The summed E-state index contributed by atoms with van der Waals surface area (Å²) in [4.78, 5) is 12.2. The summed E-state index contributed by atoms with van der Waals surface area (Å²) in [5.74, 6) is 5.05. The lowest BCUT2D eigenvalue weighted by Gasteiger charge is -2.08. The second-order valence-corrected chi connectivity index (χ2v) is 4.78. The fourth-order valence-electron chi connectivity index (χ4n) is 1.30. The Hall–Kier alpha value is -1.56. The number of thiophene rings is 1. The van der Waals surface area contributed by atoms with Crippen molar-refractivity contribution in [1.29, 1.82) is 0 Å². The SMILES string of the molecule is O=C(NCCOCC(F)(F)F)c1sccc1C#CCCO. The number of nitrogens with one attached hydrogen (secondary N) is 1. The molecule has 0 bridgehead atoms. The van der Waals surface area contributed by atoms with Gasteiger partial charge in [-0.05, 0) is 11.4 Å². The van der Waals surface area contributed by atoms with Gasteiger partial charge in [0.1, 0.15) is 11.5 Å². The summed E-state index contributed by atoms with van der Waals surface area (Å²) in [5.41, 5.74) is 0.530. The van der Waals surface area contributed by atoms with Gasteiger partial charge in [0, 0.05) is 18.5 Å². The Balaban J connectivity index is 2.40. The molecule has 8 heteroatoms. The molecule has 1 aromatic heterocycles. The number of rotatable bonds is 6. The summed E-state index contributed by atoms with van der Waals surface area (Å²) >= 11 is 1.19. The van der Waals surface area contributed by atoms with Crippen molar-refractivity contribution < 1.29 is 27.8 Å². The highest BCUT2D eigenvalue weighted by molar-refractivity contribution is 7.12. The zero-order valence-corrected chi connectivity index (χ0v) is 11.8. The highest BCUT2D eigenvalue weighted by Gasteiger charge is 2.27. The number of ether oxygens (including phenoxy) is 1. The molecule has 2 N–H and O–H groups in total. The number of aliphatic hydroxyl groups excluding tert-OH is 1. The lowest BCUT2D eigenvalue weighted by molar-refractivity contribution is -0.173. The number of aliphatic hydroxyl groups is 1. The van der Waals surface area contributed by atoms with E-state index in [1.807, 2.05) is 0 Å². The first-order valence-electron chi connectivity index (χ1n) is 6.04. The largest absolute Gasteiger partial charge is 0.411 e. The minimum Gasteiger partial charge on any atom is -0.395 e. The standard InChI is InChI=1S/C13H14F3NO3S/c14-13(15,16)9-20-7-5-17-12(19)11-10(4-8-21-11)3-1-2-6-18/h4,8,18H,2,5-7,9H2,(H,17,19). The minimum absolute atomic E-state index is 0.0175. The zero-order chi connectivity index (χ0) is 15.7. The average Bonchev–Trinajstić information content (AvgIpc) is 2.85. The van der Waals surface area contributed by atoms with Gasteiger partial charge in [-0.15, -0.1) is 11.3 Å². The Morgan fingerprint density at radius 2 is 2.24 bits per heavy atom. The van der Waals surface area contributed by atoms with Crippen LogP contribution in [-0.2, 0) is 4.74 Å². The van der Waals surface area contributed by atoms with Crippen LogP contribution in [0.5, 0.6) is 0 Å². The van der Waals surface area contributed by atoms with Crippen LogP contribution >= 0.6 is 11.3 Å². The second-order valence-electron chi connectivity index (χ2n) is 3.86. The van der Waals surface area contributed by atoms with Crippen LogP contribution in [0.15, 0.2) is 11.4 Å². The van der Waals surface area contributed by atoms with Crippen LogP contribution in [0.1, 0.15) is 21.7 Å². The van der Waals surface area contributed by atoms with Gasteiger partial charge in [-0.3, -0.25) is 4.79 Å². The van der Waals surface area contributed by atoms with E-state index in [2.05, 4.69) is 21.9 Å². The Labute approximate surface area is 123 Å². The summed E-state index contributed by atoms with van der Waals surface area (Å²) in [6.07, 6.45) is -4.06. The molecule has 0 fully saturated rings. The molecule has 4 nitrogen and oxygen atoms in total. The molecule has 0 aromatic carbocycles. The predicted molar refractivity (Wildman–Crippen MR) is 72.1 cm³/mol. The highest BCUT2D eigenvalue weighted by Crippen LogP contribution is 2.16. The number of halogens is 3. The summed E-state index contributed by atoms with van der Waals surface area (Å²) in [7, 11) is 0. The maximum absolute atomic E-state index is 11.8. The van der Waals surface area contributed by atoms with Gasteiger partial charge in [-0.1, -0.05) is 11.8 Å². The zero-order valence-electron chi connectivity index (χ0n) is 11.0. The fraction of sp³-hybridized carbons (Fsp3) is 0.462. The van der Waals surface area contributed by atoms with E-state index in [0.29, 0.717) is 16.9 Å². The summed E-state index contributed by atoms with van der Waals surface area (Å²) in [6.45, 7) is -1.63. The van der Waals surface area contributed by atoms with Crippen LogP contribution in [0.3, 0.4) is 0 Å². The van der Waals surface area contributed by atoms with Crippen molar-refractivity contribution in [2.45, 2.75) is 12.6 Å². The quantitative estimate of drug-likeness (QED) is 0.620. The molecule has 0 aliphatic rings. The predicted octanol–water partition coefficient (Wildman–Crippen LogP) is 1.79. The number of carbonyl (C=O) groups excluding carboxylic acids is 1. The molecule has 0 aliphatic carbocycles. The van der Waals surface area contributed by atoms with E-state index in [0.717, 1.165) is 0 Å². The number of carbonyl (C=O) groups is 1. The Morgan fingerprint density at radius 3 is 2.90 bits per heavy atom. The molecule has 0 atom stereocenters. The number of alkyl halides is 3. The van der Waals surface area contributed by atoms with E-state index < -0.39 is 18.7 Å². The molecule has 1 aromatic rings. The van der Waals surface area contributed by atoms with Crippen molar-refractivity contribution in [3.8, 4) is 11.8 Å². The third kappa shape index (κ3) is 7.13. The van der Waals surface area contributed by atoms with Gasteiger partial charge >= 0.3 is 6.18 Å². The van der Waals surface area contributed by atoms with Crippen molar-refractivity contribution in [2.24, 2.45) is 0 Å². The van der Waals surface area contributed by atoms with Gasteiger partial charge in [0.25, 0.3) is 5.91 Å². The highest BCUT2D eigenvalue weighted by atomic mass is 32.1. The molecule has 0 radical (unpaired) electrons. The van der Waals surface area contributed by atoms with Crippen molar-refractivity contribution in [2.75, 3.05) is 26.4 Å². The van der Waals surface area contributed by atoms with E-state index in [-0.39, 0.29) is 19.8 Å². The van der Waals surface area contributed by atoms with E-state index in [4.69, 9.17) is 5.11 Å². The summed E-state index contributed by atoms with van der Waals surface area (Å²) < 4.78 is 39.8. The van der Waals surface area contributed by atoms with E-state index in [1.54, 1.807) is 11.4 Å². The lowest BCUT2D eigenvalue weighted by atomic mass is 10.2. The van der Waals surface area contributed by atoms with Crippen LogP contribution < -0.4 is 5.32 Å². The van der Waals surface area contributed by atoms with Crippen LogP contribution in [-0.4, -0.2) is 43.6 Å². The second kappa shape index (κ2) is 8.67. The number of hydrogen-bond donors (Lipinski definition) is 2. The number of hydrogen-bond acceptors (Lipinski definition) is 4. The molecular formula is C13H14F3NO3S. The van der Waals surface area contributed by atoms with Gasteiger partial charge in [-0.2, -0.15) is 13.2 Å². The molecule has 0 spiro atoms. The number of amides is 1. The molecular weight excluding hydrogens is 307 g/mol. The topological polar surface area (TPSA) is 58.6 Å². The van der Waals surface area contributed by atoms with Gasteiger partial charge in [0.2, 0.25) is 0 Å². The van der Waals surface area contributed by atoms with Crippen molar-refractivity contribution in [3.63, 3.8) is 0 Å². The molecule has 1 amide bonds. The van der Waals surface area contributed by atoms with Crippen LogP contribution in [0, 0.1) is 11.8 Å². The first-order chi connectivity index (χ1) is 9.94. The lowest BCUT2D eigenvalue weighted by Crippen LogP contribution is -2.28. The Bertz CT molecular complexity index is 517. The molecule has 0 unspecified atom stereocenters. The van der Waals surface area contributed by atoms with Gasteiger partial charge < -0.3 is 15.2 Å². The smallest absolute Gasteiger partial charge is 0.395 e. The van der Waals surface area contributed by atoms with Crippen LogP contribution in [0.4, 0.5) is 13.2 Å². The normalized spacial score (nSPS) is 10.9. The van der Waals surface area contributed by atoms with Crippen molar-refractivity contribution >= 4 is 17.2 Å². The molecule has 0 saturated heterocycles. The molecule has 0 aliphatic heterocycles. The fourth-order valence-corrected chi connectivity index (χ4v) is 2.07. The van der Waals surface area contributed by atoms with E-state index in [1.165, 1.54) is 11.3 Å². The third-order valence-electron chi connectivity index (χ3n) is 2.13. The first-order valence-corrected chi connectivity index (χ1v) is 6.92. The minimum atomic E-state index is -4.37. The molecule has 1 heterocycles. The molecule has 116 valence electrons. The average molecular weight is 321 g/mol. The van der Waals surface area contributed by atoms with Crippen molar-refractivity contribution in [1.82, 2.24) is 5.32 Å². The Morgan fingerprint density at radius 1 is 1.48 bits per heavy atom.